The van der Waals surface area contributed by atoms with E-state index in [2.05, 4.69) is 15.9 Å². The standard InChI is InChI=1S/C16H17BrFNO3S/c1-3-22-15-9-6-13(17)10-16(15)23(20,21)19(2)11-12-4-7-14(18)8-5-12/h4-10H,3,11H2,1-2H3. The fourth-order valence-electron chi connectivity index (χ4n) is 2.06. The van der Waals surface area contributed by atoms with Crippen LogP contribution >= 0.6 is 15.9 Å². The van der Waals surface area contributed by atoms with Gasteiger partial charge in [0.15, 0.2) is 0 Å². The molecule has 0 heterocycles. The molecule has 0 bridgehead atoms. The summed E-state index contributed by atoms with van der Waals surface area (Å²) in [5, 5.41) is 0. The van der Waals surface area contributed by atoms with Crippen LogP contribution in [0.15, 0.2) is 51.8 Å². The van der Waals surface area contributed by atoms with Crippen LogP contribution in [0, 0.1) is 5.82 Å². The monoisotopic (exact) mass is 401 g/mol. The first-order valence-corrected chi connectivity index (χ1v) is 9.21. The predicted octanol–water partition coefficient (Wildman–Crippen LogP) is 3.81. The zero-order valence-corrected chi connectivity index (χ0v) is 15.2. The fraction of sp³-hybridized carbons (Fsp3) is 0.250. The molecule has 0 saturated heterocycles. The van der Waals surface area contributed by atoms with Crippen molar-refractivity contribution in [3.8, 4) is 5.75 Å². The number of hydrogen-bond acceptors (Lipinski definition) is 3. The molecule has 0 spiro atoms. The van der Waals surface area contributed by atoms with Gasteiger partial charge in [0, 0.05) is 18.1 Å². The Morgan fingerprint density at radius 2 is 1.83 bits per heavy atom. The lowest BCUT2D eigenvalue weighted by Crippen LogP contribution is -2.27. The van der Waals surface area contributed by atoms with Gasteiger partial charge in [-0.1, -0.05) is 28.1 Å². The molecule has 23 heavy (non-hydrogen) atoms. The Bertz CT molecular complexity index is 778. The van der Waals surface area contributed by atoms with Gasteiger partial charge in [-0.05, 0) is 42.8 Å². The average molecular weight is 402 g/mol. The average Bonchev–Trinajstić information content (AvgIpc) is 2.51. The molecule has 2 aromatic rings. The fourth-order valence-corrected chi connectivity index (χ4v) is 3.88. The highest BCUT2D eigenvalue weighted by Crippen LogP contribution is 2.30. The van der Waals surface area contributed by atoms with Gasteiger partial charge in [-0.25, -0.2) is 12.8 Å². The van der Waals surface area contributed by atoms with Crippen molar-refractivity contribution in [2.24, 2.45) is 0 Å². The molecule has 0 amide bonds. The quantitative estimate of drug-likeness (QED) is 0.739. The van der Waals surface area contributed by atoms with Crippen LogP contribution in [0.5, 0.6) is 5.75 Å². The van der Waals surface area contributed by atoms with Crippen molar-refractivity contribution in [3.63, 3.8) is 0 Å². The van der Waals surface area contributed by atoms with E-state index in [9.17, 15) is 12.8 Å². The summed E-state index contributed by atoms with van der Waals surface area (Å²) in [6, 6.07) is 10.6. The van der Waals surface area contributed by atoms with E-state index in [1.165, 1.54) is 29.6 Å². The number of ether oxygens (including phenoxy) is 1. The lowest BCUT2D eigenvalue weighted by atomic mass is 10.2. The molecule has 0 aliphatic rings. The summed E-state index contributed by atoms with van der Waals surface area (Å²) in [6.45, 7) is 2.30. The molecular formula is C16H17BrFNO3S. The Kier molecular flexibility index (Phi) is 5.78. The maximum Gasteiger partial charge on any atom is 0.246 e. The van der Waals surface area contributed by atoms with Crippen molar-refractivity contribution in [3.05, 3.63) is 58.3 Å². The lowest BCUT2D eigenvalue weighted by Gasteiger charge is -2.19. The molecule has 7 heteroatoms. The summed E-state index contributed by atoms with van der Waals surface area (Å²) in [7, 11) is -2.26. The van der Waals surface area contributed by atoms with Gasteiger partial charge in [-0.3, -0.25) is 0 Å². The summed E-state index contributed by atoms with van der Waals surface area (Å²) in [5.74, 6) is -0.0495. The zero-order valence-electron chi connectivity index (χ0n) is 12.8. The van der Waals surface area contributed by atoms with E-state index in [0.29, 0.717) is 22.4 Å². The normalized spacial score (nSPS) is 11.7. The summed E-state index contributed by atoms with van der Waals surface area (Å²) >= 11 is 3.28. The summed E-state index contributed by atoms with van der Waals surface area (Å²) in [4.78, 5) is 0.0957. The highest BCUT2D eigenvalue weighted by atomic mass is 79.9. The van der Waals surface area contributed by atoms with E-state index in [1.807, 2.05) is 0 Å². The third-order valence-corrected chi connectivity index (χ3v) is 5.53. The van der Waals surface area contributed by atoms with Gasteiger partial charge < -0.3 is 4.74 Å². The molecule has 0 saturated carbocycles. The first-order chi connectivity index (χ1) is 10.8. The highest BCUT2D eigenvalue weighted by Gasteiger charge is 2.25. The van der Waals surface area contributed by atoms with Crippen LogP contribution in [0.3, 0.4) is 0 Å². The molecule has 2 aromatic carbocycles. The van der Waals surface area contributed by atoms with Gasteiger partial charge in [0.25, 0.3) is 0 Å². The van der Waals surface area contributed by atoms with Crippen molar-refractivity contribution in [2.75, 3.05) is 13.7 Å². The molecule has 124 valence electrons. The number of sulfonamides is 1. The molecule has 0 atom stereocenters. The Morgan fingerprint density at radius 1 is 1.17 bits per heavy atom. The van der Waals surface area contributed by atoms with Gasteiger partial charge in [0.05, 0.1) is 6.61 Å². The number of benzene rings is 2. The van der Waals surface area contributed by atoms with E-state index in [-0.39, 0.29) is 17.3 Å². The highest BCUT2D eigenvalue weighted by molar-refractivity contribution is 9.10. The molecule has 4 nitrogen and oxygen atoms in total. The molecule has 0 aromatic heterocycles. The molecule has 0 unspecified atom stereocenters. The molecule has 0 aliphatic heterocycles. The molecule has 0 N–H and O–H groups in total. The van der Waals surface area contributed by atoms with Crippen molar-refractivity contribution in [1.29, 1.82) is 0 Å². The zero-order chi connectivity index (χ0) is 17.0. The van der Waals surface area contributed by atoms with Crippen molar-refractivity contribution in [1.82, 2.24) is 4.31 Å². The first-order valence-electron chi connectivity index (χ1n) is 6.97. The van der Waals surface area contributed by atoms with Crippen LogP contribution in [0.1, 0.15) is 12.5 Å². The number of halogens is 2. The predicted molar refractivity (Wildman–Crippen MR) is 90.4 cm³/mol. The smallest absolute Gasteiger partial charge is 0.246 e. The Hall–Kier alpha value is -1.44. The molecule has 2 rings (SSSR count). The minimum Gasteiger partial charge on any atom is -0.492 e. The van der Waals surface area contributed by atoms with Crippen LogP contribution in [0.2, 0.25) is 0 Å². The maximum atomic E-state index is 13.0. The minimum atomic E-state index is -3.74. The second kappa shape index (κ2) is 7.42. The SMILES string of the molecule is CCOc1ccc(Br)cc1S(=O)(=O)N(C)Cc1ccc(F)cc1. The Morgan fingerprint density at radius 3 is 2.43 bits per heavy atom. The molecular weight excluding hydrogens is 385 g/mol. The molecule has 0 fully saturated rings. The van der Waals surface area contributed by atoms with Crippen LogP contribution in [-0.4, -0.2) is 26.4 Å². The van der Waals surface area contributed by atoms with Gasteiger partial charge in [-0.2, -0.15) is 4.31 Å². The third-order valence-electron chi connectivity index (χ3n) is 3.21. The van der Waals surface area contributed by atoms with E-state index in [0.717, 1.165) is 0 Å². The largest absolute Gasteiger partial charge is 0.492 e. The van der Waals surface area contributed by atoms with E-state index < -0.39 is 10.0 Å². The van der Waals surface area contributed by atoms with E-state index in [1.54, 1.807) is 31.2 Å². The summed E-state index contributed by atoms with van der Waals surface area (Å²) in [5.41, 5.74) is 0.699. The van der Waals surface area contributed by atoms with Crippen molar-refractivity contribution < 1.29 is 17.5 Å². The maximum absolute atomic E-state index is 13.0. The van der Waals surface area contributed by atoms with Crippen LogP contribution < -0.4 is 4.74 Å². The van der Waals surface area contributed by atoms with Gasteiger partial charge in [0.2, 0.25) is 10.0 Å². The van der Waals surface area contributed by atoms with Crippen LogP contribution in [0.25, 0.3) is 0 Å². The minimum absolute atomic E-state index is 0.0957. The first kappa shape index (κ1) is 17.9. The van der Waals surface area contributed by atoms with Crippen LogP contribution in [-0.2, 0) is 16.6 Å². The Balaban J connectivity index is 2.33. The summed E-state index contributed by atoms with van der Waals surface area (Å²) in [6.07, 6.45) is 0. The van der Waals surface area contributed by atoms with Gasteiger partial charge in [0.1, 0.15) is 16.5 Å². The van der Waals surface area contributed by atoms with Crippen molar-refractivity contribution >= 4 is 26.0 Å². The van der Waals surface area contributed by atoms with E-state index >= 15 is 0 Å². The summed E-state index contributed by atoms with van der Waals surface area (Å²) < 4.78 is 45.8. The Labute approximate surface area is 144 Å². The topological polar surface area (TPSA) is 46.6 Å². The second-order valence-corrected chi connectivity index (χ2v) is 7.84. The molecule has 0 aliphatic carbocycles. The van der Waals surface area contributed by atoms with Crippen LogP contribution in [0.4, 0.5) is 4.39 Å². The lowest BCUT2D eigenvalue weighted by molar-refractivity contribution is 0.329. The number of hydrogen-bond donors (Lipinski definition) is 0. The van der Waals surface area contributed by atoms with E-state index in [4.69, 9.17) is 4.74 Å². The van der Waals surface area contributed by atoms with Gasteiger partial charge >= 0.3 is 0 Å². The third kappa shape index (κ3) is 4.31. The number of nitrogens with zero attached hydrogens (tertiary/aromatic N) is 1. The number of rotatable bonds is 6. The van der Waals surface area contributed by atoms with Gasteiger partial charge in [-0.15, -0.1) is 0 Å². The second-order valence-electron chi connectivity index (χ2n) is 4.91. The molecule has 0 radical (unpaired) electrons. The van der Waals surface area contributed by atoms with Crippen molar-refractivity contribution in [2.45, 2.75) is 18.4 Å².